The SMILES string of the molecule is COc1cc(CO)c2c(c1OC)OC(C)C=C2. The first kappa shape index (κ1) is 11.8. The molecule has 1 heterocycles. The molecule has 1 unspecified atom stereocenters. The Labute approximate surface area is 100 Å². The van der Waals surface area contributed by atoms with Crippen LogP contribution >= 0.6 is 0 Å². The van der Waals surface area contributed by atoms with Crippen LogP contribution in [-0.2, 0) is 6.61 Å². The van der Waals surface area contributed by atoms with Crippen LogP contribution < -0.4 is 14.2 Å². The van der Waals surface area contributed by atoms with E-state index in [0.29, 0.717) is 17.2 Å². The summed E-state index contributed by atoms with van der Waals surface area (Å²) in [6.45, 7) is 1.88. The lowest BCUT2D eigenvalue weighted by Gasteiger charge is -2.23. The fraction of sp³-hybridized carbons (Fsp3) is 0.385. The zero-order chi connectivity index (χ0) is 12.4. The normalized spacial score (nSPS) is 17.3. The van der Waals surface area contributed by atoms with Crippen LogP contribution in [0.2, 0.25) is 0 Å². The van der Waals surface area contributed by atoms with Gasteiger partial charge in [0.25, 0.3) is 0 Å². The molecule has 0 radical (unpaired) electrons. The number of fused-ring (bicyclic) bond motifs is 1. The maximum absolute atomic E-state index is 9.36. The quantitative estimate of drug-likeness (QED) is 0.871. The molecule has 1 aromatic carbocycles. The molecule has 0 bridgehead atoms. The third kappa shape index (κ3) is 1.96. The Balaban J connectivity index is 2.65. The average Bonchev–Trinajstić information content (AvgIpc) is 2.36. The predicted molar refractivity (Wildman–Crippen MR) is 64.6 cm³/mol. The molecule has 92 valence electrons. The van der Waals surface area contributed by atoms with Crippen LogP contribution in [0.15, 0.2) is 12.1 Å². The highest BCUT2D eigenvalue weighted by Crippen LogP contribution is 2.44. The van der Waals surface area contributed by atoms with E-state index < -0.39 is 0 Å². The molecule has 4 nitrogen and oxygen atoms in total. The first-order chi connectivity index (χ1) is 8.21. The molecule has 4 heteroatoms. The Morgan fingerprint density at radius 1 is 1.35 bits per heavy atom. The molecule has 0 saturated heterocycles. The number of aliphatic hydroxyl groups excluding tert-OH is 1. The number of methoxy groups -OCH3 is 2. The molecule has 0 spiro atoms. The smallest absolute Gasteiger partial charge is 0.203 e. The minimum atomic E-state index is -0.0647. The van der Waals surface area contributed by atoms with E-state index in [2.05, 4.69) is 0 Å². The van der Waals surface area contributed by atoms with Crippen LogP contribution in [0.5, 0.6) is 17.2 Å². The van der Waals surface area contributed by atoms with E-state index in [1.807, 2.05) is 19.1 Å². The van der Waals surface area contributed by atoms with Crippen LogP contribution in [-0.4, -0.2) is 25.4 Å². The van der Waals surface area contributed by atoms with Gasteiger partial charge < -0.3 is 19.3 Å². The number of ether oxygens (including phenoxy) is 3. The highest BCUT2D eigenvalue weighted by Gasteiger charge is 2.23. The van der Waals surface area contributed by atoms with E-state index in [9.17, 15) is 5.11 Å². The zero-order valence-electron chi connectivity index (χ0n) is 10.2. The molecule has 0 fully saturated rings. The van der Waals surface area contributed by atoms with Crippen molar-refractivity contribution < 1.29 is 19.3 Å². The number of rotatable bonds is 3. The van der Waals surface area contributed by atoms with Gasteiger partial charge >= 0.3 is 0 Å². The summed E-state index contributed by atoms with van der Waals surface area (Å²) in [5.41, 5.74) is 1.61. The molecule has 0 saturated carbocycles. The van der Waals surface area contributed by atoms with Crippen LogP contribution in [0, 0.1) is 0 Å². The molecule has 1 aliphatic heterocycles. The zero-order valence-corrected chi connectivity index (χ0v) is 10.2. The highest BCUT2D eigenvalue weighted by atomic mass is 16.5. The predicted octanol–water partition coefficient (Wildman–Crippen LogP) is 1.99. The van der Waals surface area contributed by atoms with Gasteiger partial charge in [0.1, 0.15) is 6.10 Å². The lowest BCUT2D eigenvalue weighted by molar-refractivity contribution is 0.241. The van der Waals surface area contributed by atoms with Crippen molar-refractivity contribution in [2.45, 2.75) is 19.6 Å². The highest BCUT2D eigenvalue weighted by molar-refractivity contribution is 5.71. The fourth-order valence-corrected chi connectivity index (χ4v) is 1.91. The van der Waals surface area contributed by atoms with Crippen molar-refractivity contribution in [3.05, 3.63) is 23.3 Å². The summed E-state index contributed by atoms with van der Waals surface area (Å²) in [5.74, 6) is 1.76. The van der Waals surface area contributed by atoms with E-state index >= 15 is 0 Å². The summed E-state index contributed by atoms with van der Waals surface area (Å²) >= 11 is 0. The van der Waals surface area contributed by atoms with Gasteiger partial charge in [0.15, 0.2) is 11.5 Å². The Hall–Kier alpha value is -1.68. The summed E-state index contributed by atoms with van der Waals surface area (Å²) in [7, 11) is 3.14. The number of hydrogen-bond donors (Lipinski definition) is 1. The molecule has 0 aliphatic carbocycles. The Morgan fingerprint density at radius 3 is 2.71 bits per heavy atom. The lowest BCUT2D eigenvalue weighted by atomic mass is 10.0. The summed E-state index contributed by atoms with van der Waals surface area (Å²) in [4.78, 5) is 0. The molecule has 17 heavy (non-hydrogen) atoms. The first-order valence-corrected chi connectivity index (χ1v) is 5.44. The van der Waals surface area contributed by atoms with Gasteiger partial charge in [-0.2, -0.15) is 0 Å². The monoisotopic (exact) mass is 236 g/mol. The van der Waals surface area contributed by atoms with E-state index in [1.165, 1.54) is 0 Å². The van der Waals surface area contributed by atoms with Gasteiger partial charge in [0.2, 0.25) is 5.75 Å². The van der Waals surface area contributed by atoms with E-state index in [1.54, 1.807) is 20.3 Å². The van der Waals surface area contributed by atoms with E-state index in [4.69, 9.17) is 14.2 Å². The topological polar surface area (TPSA) is 47.9 Å². The molecule has 1 atom stereocenters. The summed E-state index contributed by atoms with van der Waals surface area (Å²) in [6, 6.07) is 1.77. The molecular formula is C13H16O4. The second-order valence-corrected chi connectivity index (χ2v) is 3.85. The maximum Gasteiger partial charge on any atom is 0.203 e. The number of hydrogen-bond acceptors (Lipinski definition) is 4. The Morgan fingerprint density at radius 2 is 2.12 bits per heavy atom. The van der Waals surface area contributed by atoms with Crippen LogP contribution in [0.1, 0.15) is 18.1 Å². The minimum Gasteiger partial charge on any atom is -0.493 e. The molecule has 0 aromatic heterocycles. The molecule has 1 aliphatic rings. The largest absolute Gasteiger partial charge is 0.493 e. The Bertz CT molecular complexity index is 451. The molecule has 2 rings (SSSR count). The van der Waals surface area contributed by atoms with E-state index in [-0.39, 0.29) is 12.7 Å². The third-order valence-corrected chi connectivity index (χ3v) is 2.76. The second kappa shape index (κ2) is 4.67. The van der Waals surface area contributed by atoms with Gasteiger partial charge in [0.05, 0.1) is 20.8 Å². The van der Waals surface area contributed by atoms with Crippen LogP contribution in [0.25, 0.3) is 6.08 Å². The average molecular weight is 236 g/mol. The molecule has 1 N–H and O–H groups in total. The van der Waals surface area contributed by atoms with Gasteiger partial charge in [-0.3, -0.25) is 0 Å². The first-order valence-electron chi connectivity index (χ1n) is 5.44. The molecule has 1 aromatic rings. The van der Waals surface area contributed by atoms with Gasteiger partial charge in [-0.25, -0.2) is 0 Å². The maximum atomic E-state index is 9.36. The number of benzene rings is 1. The van der Waals surface area contributed by atoms with Crippen molar-refractivity contribution in [3.63, 3.8) is 0 Å². The third-order valence-electron chi connectivity index (χ3n) is 2.76. The van der Waals surface area contributed by atoms with Crippen molar-refractivity contribution in [2.24, 2.45) is 0 Å². The molecular weight excluding hydrogens is 220 g/mol. The van der Waals surface area contributed by atoms with Crippen molar-refractivity contribution >= 4 is 6.08 Å². The van der Waals surface area contributed by atoms with Crippen molar-refractivity contribution in [1.29, 1.82) is 0 Å². The summed E-state index contributed by atoms with van der Waals surface area (Å²) in [6.07, 6.45) is 3.86. The lowest BCUT2D eigenvalue weighted by Crippen LogP contribution is -2.14. The number of aliphatic hydroxyl groups is 1. The van der Waals surface area contributed by atoms with Crippen molar-refractivity contribution in [3.8, 4) is 17.2 Å². The van der Waals surface area contributed by atoms with Gasteiger partial charge in [0, 0.05) is 5.56 Å². The minimum absolute atomic E-state index is 0.0185. The summed E-state index contributed by atoms with van der Waals surface area (Å²) < 4.78 is 16.3. The van der Waals surface area contributed by atoms with Gasteiger partial charge in [-0.05, 0) is 24.6 Å². The Kier molecular flexibility index (Phi) is 3.24. The summed E-state index contributed by atoms with van der Waals surface area (Å²) in [5, 5.41) is 9.36. The second-order valence-electron chi connectivity index (χ2n) is 3.85. The van der Waals surface area contributed by atoms with Crippen molar-refractivity contribution in [2.75, 3.05) is 14.2 Å². The van der Waals surface area contributed by atoms with Crippen LogP contribution in [0.4, 0.5) is 0 Å². The van der Waals surface area contributed by atoms with Gasteiger partial charge in [-0.1, -0.05) is 6.08 Å². The van der Waals surface area contributed by atoms with E-state index in [0.717, 1.165) is 11.1 Å². The fourth-order valence-electron chi connectivity index (χ4n) is 1.91. The standard InChI is InChI=1S/C13H16O4/c1-8-4-5-10-9(7-14)6-11(15-2)13(16-3)12(10)17-8/h4-6,8,14H,7H2,1-3H3. The van der Waals surface area contributed by atoms with Gasteiger partial charge in [-0.15, -0.1) is 0 Å². The van der Waals surface area contributed by atoms with Crippen molar-refractivity contribution in [1.82, 2.24) is 0 Å². The molecule has 0 amide bonds. The van der Waals surface area contributed by atoms with Crippen LogP contribution in [0.3, 0.4) is 0 Å².